The molecule has 1 aromatic carbocycles. The predicted octanol–water partition coefficient (Wildman–Crippen LogP) is 6.83. The molecule has 2 aromatic rings. The molecule has 0 saturated carbocycles. The van der Waals surface area contributed by atoms with Crippen molar-refractivity contribution in [3.05, 3.63) is 53.0 Å². The second-order valence-corrected chi connectivity index (χ2v) is 8.41. The number of hydrogen-bond donors (Lipinski definition) is 0. The Morgan fingerprint density at radius 1 is 1.06 bits per heavy atom. The highest BCUT2D eigenvalue weighted by atomic mass is 79.9. The maximum absolute atomic E-state index is 3.76. The average Bonchev–Trinajstić information content (AvgIpc) is 2.58. The molecular weight excluding hydrogens is 496 g/mol. The molecule has 0 radical (unpaired) electrons. The third-order valence-corrected chi connectivity index (χ3v) is 7.03. The molecule has 0 aliphatic rings. The molecule has 0 N–H and O–H groups in total. The van der Waals surface area contributed by atoms with Crippen molar-refractivity contribution in [3.8, 4) is 0 Å². The summed E-state index contributed by atoms with van der Waals surface area (Å²) in [6, 6.07) is 8.42. The van der Waals surface area contributed by atoms with Crippen LogP contribution in [0.3, 0.4) is 0 Å². The minimum absolute atomic E-state index is 0.222. The summed E-state index contributed by atoms with van der Waals surface area (Å²) in [6.07, 6.45) is 0. The lowest BCUT2D eigenvalue weighted by Crippen LogP contribution is -1.90. The first-order chi connectivity index (χ1) is 7.99. The van der Waals surface area contributed by atoms with Gasteiger partial charge in [0, 0.05) is 23.2 Å². The zero-order valence-corrected chi connectivity index (χ0v) is 16.0. The van der Waals surface area contributed by atoms with Crippen molar-refractivity contribution in [1.29, 1.82) is 0 Å². The summed E-state index contributed by atoms with van der Waals surface area (Å²) < 4.78 is 3.36. The lowest BCUT2D eigenvalue weighted by atomic mass is 10.1. The summed E-state index contributed by atoms with van der Waals surface area (Å²) in [5.74, 6) is 0. The smallest absolute Gasteiger partial charge is 0.0749 e. The summed E-state index contributed by atoms with van der Waals surface area (Å²) in [5.41, 5.74) is 1.24. The van der Waals surface area contributed by atoms with Crippen LogP contribution < -0.4 is 0 Å². The molecule has 1 atom stereocenters. The van der Waals surface area contributed by atoms with E-state index in [-0.39, 0.29) is 4.83 Å². The monoisotopic (exact) mass is 500 g/mol. The van der Waals surface area contributed by atoms with E-state index >= 15 is 0 Å². The molecule has 17 heavy (non-hydrogen) atoms. The van der Waals surface area contributed by atoms with Crippen LogP contribution in [0.2, 0.25) is 0 Å². The van der Waals surface area contributed by atoms with E-state index in [1.807, 2.05) is 0 Å². The highest BCUT2D eigenvalue weighted by molar-refractivity contribution is 9.11. The molecule has 1 unspecified atom stereocenters. The Morgan fingerprint density at radius 3 is 2.29 bits per heavy atom. The lowest BCUT2D eigenvalue weighted by molar-refractivity contribution is 1.20. The third kappa shape index (κ3) is 3.24. The zero-order chi connectivity index (χ0) is 12.6. The maximum atomic E-state index is 3.76. The van der Waals surface area contributed by atoms with E-state index in [4.69, 9.17) is 0 Å². The number of thiophene rings is 1. The van der Waals surface area contributed by atoms with Crippen molar-refractivity contribution in [3.63, 3.8) is 0 Å². The van der Waals surface area contributed by atoms with Crippen molar-refractivity contribution < 1.29 is 0 Å². The third-order valence-electron chi connectivity index (χ3n) is 2.36. The summed E-state index contributed by atoms with van der Waals surface area (Å²) in [4.78, 5) is 2.83. The first-order valence-corrected chi connectivity index (χ1v) is 8.95. The van der Waals surface area contributed by atoms with Gasteiger partial charge < -0.3 is 0 Å². The Morgan fingerprint density at radius 2 is 1.76 bits per heavy atom. The fourth-order valence-electron chi connectivity index (χ4n) is 1.47. The lowest BCUT2D eigenvalue weighted by Gasteiger charge is -2.10. The normalized spacial score (nSPS) is 12.8. The standard InChI is InChI=1S/C12H8Br4S/c1-6-9(14)5-11(17-6)12(16)8-3-2-7(13)4-10(8)15/h2-5,12H,1H3. The fraction of sp³-hybridized carbons (Fsp3) is 0.167. The van der Waals surface area contributed by atoms with Crippen LogP contribution in [-0.2, 0) is 0 Å². The topological polar surface area (TPSA) is 0 Å². The first kappa shape index (κ1) is 14.3. The van der Waals surface area contributed by atoms with Gasteiger partial charge in [0.15, 0.2) is 0 Å². The van der Waals surface area contributed by atoms with Gasteiger partial charge in [0.1, 0.15) is 0 Å². The zero-order valence-electron chi connectivity index (χ0n) is 8.81. The molecule has 0 nitrogen and oxygen atoms in total. The fourth-order valence-corrected chi connectivity index (χ4v) is 5.42. The minimum atomic E-state index is 0.222. The van der Waals surface area contributed by atoms with E-state index in [0.717, 1.165) is 8.95 Å². The molecule has 1 heterocycles. The molecule has 5 heteroatoms. The second-order valence-electron chi connectivity index (χ2n) is 3.58. The van der Waals surface area contributed by atoms with Crippen LogP contribution in [-0.4, -0.2) is 0 Å². The van der Waals surface area contributed by atoms with Gasteiger partial charge in [0.05, 0.1) is 4.83 Å². The second kappa shape index (κ2) is 5.87. The van der Waals surface area contributed by atoms with Crippen LogP contribution in [0, 0.1) is 6.92 Å². The minimum Gasteiger partial charge on any atom is -0.143 e. The molecule has 0 spiro atoms. The van der Waals surface area contributed by atoms with E-state index < -0.39 is 0 Å². The van der Waals surface area contributed by atoms with Gasteiger partial charge in [-0.2, -0.15) is 0 Å². The Hall–Kier alpha value is 0.840. The molecule has 2 rings (SSSR count). The molecule has 0 aliphatic heterocycles. The van der Waals surface area contributed by atoms with E-state index in [2.05, 4.69) is 94.9 Å². The summed E-state index contributed by atoms with van der Waals surface area (Å²) in [7, 11) is 0. The maximum Gasteiger partial charge on any atom is 0.0749 e. The first-order valence-electron chi connectivity index (χ1n) is 4.84. The Bertz CT molecular complexity index is 528. The van der Waals surface area contributed by atoms with Crippen molar-refractivity contribution in [2.24, 2.45) is 0 Å². The molecule has 0 bridgehead atoms. The number of hydrogen-bond acceptors (Lipinski definition) is 1. The van der Waals surface area contributed by atoms with E-state index in [0.29, 0.717) is 0 Å². The number of benzene rings is 1. The Labute approximate surface area is 138 Å². The summed E-state index contributed by atoms with van der Waals surface area (Å²) in [5, 5.41) is 0. The van der Waals surface area contributed by atoms with E-state index in [1.54, 1.807) is 11.3 Å². The average molecular weight is 504 g/mol. The molecule has 1 aromatic heterocycles. The molecule has 0 saturated heterocycles. The molecular formula is C12H8Br4S. The number of aryl methyl sites for hydroxylation is 1. The largest absolute Gasteiger partial charge is 0.143 e. The highest BCUT2D eigenvalue weighted by Crippen LogP contribution is 2.41. The Kier molecular flexibility index (Phi) is 4.92. The number of rotatable bonds is 2. The quantitative estimate of drug-likeness (QED) is 0.394. The molecule has 90 valence electrons. The Balaban J connectivity index is 2.39. The highest BCUT2D eigenvalue weighted by Gasteiger charge is 2.16. The number of alkyl halides is 1. The van der Waals surface area contributed by atoms with Crippen LogP contribution in [0.5, 0.6) is 0 Å². The molecule has 0 fully saturated rings. The van der Waals surface area contributed by atoms with Gasteiger partial charge in [-0.25, -0.2) is 0 Å². The van der Waals surface area contributed by atoms with E-state index in [9.17, 15) is 0 Å². The van der Waals surface area contributed by atoms with Crippen molar-refractivity contribution in [2.75, 3.05) is 0 Å². The van der Waals surface area contributed by atoms with Crippen molar-refractivity contribution in [1.82, 2.24) is 0 Å². The van der Waals surface area contributed by atoms with E-state index in [1.165, 1.54) is 19.8 Å². The van der Waals surface area contributed by atoms with Gasteiger partial charge in [0.2, 0.25) is 0 Å². The van der Waals surface area contributed by atoms with Gasteiger partial charge in [0.25, 0.3) is 0 Å². The van der Waals surface area contributed by atoms with Crippen molar-refractivity contribution >= 4 is 75.1 Å². The van der Waals surface area contributed by atoms with Gasteiger partial charge in [-0.15, -0.1) is 11.3 Å². The summed E-state index contributed by atoms with van der Waals surface area (Å²) >= 11 is 16.2. The van der Waals surface area contributed by atoms with Crippen LogP contribution in [0.4, 0.5) is 0 Å². The molecule has 0 amide bonds. The predicted molar refractivity (Wildman–Crippen MR) is 89.4 cm³/mol. The van der Waals surface area contributed by atoms with Gasteiger partial charge >= 0.3 is 0 Å². The SMILES string of the molecule is Cc1sc(C(Br)c2ccc(Br)cc2Br)cc1Br. The van der Waals surface area contributed by atoms with Crippen LogP contribution in [0.15, 0.2) is 37.7 Å². The summed E-state index contributed by atoms with van der Waals surface area (Å²) in [6.45, 7) is 2.12. The van der Waals surface area contributed by atoms with Crippen LogP contribution >= 0.6 is 75.1 Å². The van der Waals surface area contributed by atoms with Crippen LogP contribution in [0.25, 0.3) is 0 Å². The van der Waals surface area contributed by atoms with Gasteiger partial charge in [-0.3, -0.25) is 0 Å². The molecule has 0 aliphatic carbocycles. The van der Waals surface area contributed by atoms with Gasteiger partial charge in [-0.05, 0) is 46.6 Å². The van der Waals surface area contributed by atoms with Gasteiger partial charge in [-0.1, -0.05) is 53.9 Å². The number of halogens is 4. The van der Waals surface area contributed by atoms with Crippen molar-refractivity contribution in [2.45, 2.75) is 11.8 Å². The van der Waals surface area contributed by atoms with Crippen LogP contribution in [0.1, 0.15) is 20.1 Å².